The van der Waals surface area contributed by atoms with Crippen LogP contribution >= 0.6 is 22.8 Å². The second-order valence-corrected chi connectivity index (χ2v) is 10.7. The van der Waals surface area contributed by atoms with Crippen LogP contribution in [0.4, 0.5) is 0 Å². The minimum Gasteiger partial charge on any atom is -0.481 e. The Balaban J connectivity index is 4.95. The Kier molecular flexibility index (Phi) is 8.82. The highest BCUT2D eigenvalue weighted by Gasteiger charge is 2.52. The Morgan fingerprint density at radius 3 is 1.91 bits per heavy atom. The molecule has 0 fully saturated rings. The van der Waals surface area contributed by atoms with Crippen LogP contribution < -0.4 is 0 Å². The van der Waals surface area contributed by atoms with Gasteiger partial charge in [0.05, 0.1) is 12.5 Å². The number of carboxylic acid groups (broad SMARTS) is 1. The van der Waals surface area contributed by atoms with Gasteiger partial charge in [0.15, 0.2) is 5.40 Å². The average molecular weight is 398 g/mol. The van der Waals surface area contributed by atoms with Gasteiger partial charge in [0, 0.05) is 6.16 Å². The monoisotopic (exact) mass is 398 g/mol. The topological polar surface area (TPSA) is 199 Å². The van der Waals surface area contributed by atoms with Gasteiger partial charge in [-0.1, -0.05) is 6.92 Å². The summed E-state index contributed by atoms with van der Waals surface area (Å²) in [4.78, 5) is 56.5. The van der Waals surface area contributed by atoms with E-state index < -0.39 is 52.8 Å². The van der Waals surface area contributed by atoms with Crippen LogP contribution in [0.1, 0.15) is 26.2 Å². The highest BCUT2D eigenvalue weighted by Crippen LogP contribution is 2.66. The number of hydrogen-bond acceptors (Lipinski definition) is 5. The van der Waals surface area contributed by atoms with Crippen molar-refractivity contribution in [2.24, 2.45) is 5.92 Å². The third-order valence-corrected chi connectivity index (χ3v) is 8.22. The first-order valence-corrected chi connectivity index (χ1v) is 11.6. The van der Waals surface area contributed by atoms with Crippen molar-refractivity contribution in [3.05, 3.63) is 0 Å². The Hall–Kier alpha value is -0.0800. The predicted molar refractivity (Wildman–Crippen MR) is 79.2 cm³/mol. The summed E-state index contributed by atoms with van der Waals surface area (Å²) in [6, 6.07) is 0. The van der Waals surface area contributed by atoms with Crippen LogP contribution in [0.3, 0.4) is 0 Å². The van der Waals surface area contributed by atoms with Gasteiger partial charge >= 0.3 is 28.8 Å². The molecule has 0 aliphatic heterocycles. The van der Waals surface area contributed by atoms with E-state index in [1.54, 1.807) is 0 Å². The number of rotatable bonds is 11. The van der Waals surface area contributed by atoms with Crippen molar-refractivity contribution in [1.29, 1.82) is 0 Å². The van der Waals surface area contributed by atoms with E-state index in [9.17, 15) is 33.2 Å². The van der Waals surface area contributed by atoms with Gasteiger partial charge in [-0.05, 0) is 19.3 Å². The maximum atomic E-state index is 12.0. The zero-order chi connectivity index (χ0) is 18.5. The molecule has 0 aromatic rings. The van der Waals surface area contributed by atoms with Gasteiger partial charge in [-0.25, -0.2) is 0 Å². The van der Waals surface area contributed by atoms with E-state index in [1.165, 1.54) is 6.92 Å². The maximum absolute atomic E-state index is 12.0. The quantitative estimate of drug-likeness (QED) is 0.212. The summed E-state index contributed by atoms with van der Waals surface area (Å²) < 4.78 is 38.7. The van der Waals surface area contributed by atoms with Crippen LogP contribution in [-0.4, -0.2) is 53.7 Å². The number of unbranched alkanes of at least 4 members (excludes halogenated alkanes) is 1. The molecule has 0 saturated carbocycles. The largest absolute Gasteiger partial charge is 0.481 e. The fourth-order valence-electron chi connectivity index (χ4n) is 1.86. The maximum Gasteiger partial charge on any atom is 0.344 e. The van der Waals surface area contributed by atoms with E-state index in [2.05, 4.69) is 4.52 Å². The minimum absolute atomic E-state index is 0.0407. The number of carbonyl (C=O) groups is 1. The first-order chi connectivity index (χ1) is 10.2. The molecule has 23 heavy (non-hydrogen) atoms. The molecule has 0 radical (unpaired) electrons. The molecular weight excluding hydrogens is 377 g/mol. The highest BCUT2D eigenvalue weighted by atomic mass is 31.2. The fraction of sp³-hybridized carbons (Fsp3) is 0.889. The average Bonchev–Trinajstić information content (AvgIpc) is 2.31. The summed E-state index contributed by atoms with van der Waals surface area (Å²) >= 11 is 0. The van der Waals surface area contributed by atoms with Gasteiger partial charge in [-0.15, -0.1) is 0 Å². The normalized spacial score (nSPS) is 18.2. The van der Waals surface area contributed by atoms with E-state index in [-0.39, 0.29) is 19.3 Å². The summed E-state index contributed by atoms with van der Waals surface area (Å²) in [5, 5.41) is 6.55. The summed E-state index contributed by atoms with van der Waals surface area (Å²) in [6.07, 6.45) is -0.855. The Morgan fingerprint density at radius 1 is 1.04 bits per heavy atom. The third kappa shape index (κ3) is 8.54. The molecule has 138 valence electrons. The van der Waals surface area contributed by atoms with E-state index in [4.69, 9.17) is 14.9 Å². The Labute approximate surface area is 132 Å². The van der Waals surface area contributed by atoms with Gasteiger partial charge in [-0.3, -0.25) is 18.5 Å². The minimum atomic E-state index is -5.25. The second kappa shape index (κ2) is 8.85. The van der Waals surface area contributed by atoms with E-state index in [0.29, 0.717) is 0 Å². The number of carboxylic acids is 1. The summed E-state index contributed by atoms with van der Waals surface area (Å²) in [7, 11) is -14.4. The molecule has 0 rings (SSSR count). The van der Waals surface area contributed by atoms with Crippen LogP contribution in [0.5, 0.6) is 0 Å². The van der Waals surface area contributed by atoms with Crippen LogP contribution in [0, 0.1) is 5.92 Å². The van der Waals surface area contributed by atoms with Crippen molar-refractivity contribution in [2.45, 2.75) is 31.6 Å². The Morgan fingerprint density at radius 2 is 1.57 bits per heavy atom. The van der Waals surface area contributed by atoms with Gasteiger partial charge in [0.1, 0.15) is 0 Å². The van der Waals surface area contributed by atoms with Crippen LogP contribution in [0.15, 0.2) is 0 Å². The molecule has 14 heteroatoms. The third-order valence-electron chi connectivity index (χ3n) is 2.92. The van der Waals surface area contributed by atoms with Gasteiger partial charge in [0.2, 0.25) is 0 Å². The lowest BCUT2D eigenvalue weighted by Gasteiger charge is -2.27. The van der Waals surface area contributed by atoms with Crippen molar-refractivity contribution in [3.8, 4) is 0 Å². The first kappa shape index (κ1) is 22.9. The first-order valence-electron chi connectivity index (χ1n) is 6.52. The summed E-state index contributed by atoms with van der Waals surface area (Å²) in [5.74, 6) is -3.41. The lowest BCUT2D eigenvalue weighted by Crippen LogP contribution is -2.28. The molecule has 6 N–H and O–H groups in total. The zero-order valence-corrected chi connectivity index (χ0v) is 14.9. The van der Waals surface area contributed by atoms with Gasteiger partial charge in [0.25, 0.3) is 0 Å². The van der Waals surface area contributed by atoms with Crippen LogP contribution in [0.25, 0.3) is 0 Å². The van der Waals surface area contributed by atoms with Crippen molar-refractivity contribution in [2.75, 3.05) is 12.8 Å². The Bertz CT molecular complexity index is 535. The van der Waals surface area contributed by atoms with Gasteiger partial charge < -0.3 is 34.1 Å². The molecule has 3 unspecified atom stereocenters. The molecule has 11 nitrogen and oxygen atoms in total. The van der Waals surface area contributed by atoms with E-state index in [1.807, 2.05) is 0 Å². The van der Waals surface area contributed by atoms with Crippen molar-refractivity contribution >= 4 is 28.8 Å². The molecule has 0 spiro atoms. The molecule has 0 aliphatic carbocycles. The van der Waals surface area contributed by atoms with E-state index >= 15 is 0 Å². The molecule has 3 atom stereocenters. The predicted octanol–water partition coefficient (Wildman–Crippen LogP) is 0.761. The molecule has 0 aliphatic rings. The van der Waals surface area contributed by atoms with Crippen molar-refractivity contribution in [3.63, 3.8) is 0 Å². The lowest BCUT2D eigenvalue weighted by molar-refractivity contribution is -0.141. The van der Waals surface area contributed by atoms with Crippen molar-refractivity contribution < 1.29 is 52.6 Å². The number of aliphatic carboxylic acids is 1. The molecule has 0 heterocycles. The lowest BCUT2D eigenvalue weighted by atomic mass is 10.1. The standard InChI is InChI=1S/C9H21O11P3/c1-2-7(8(10)11)9(22(15,16)17)23(18,19)20-5-3-4-6-21(12,13)14/h7,9H,2-6H2,1H3,(H,10,11)(H,18,19)(H2,12,13,14)(H2,15,16,17). The molecule has 0 bridgehead atoms. The molecular formula is C9H21O11P3. The van der Waals surface area contributed by atoms with Crippen LogP contribution in [0.2, 0.25) is 0 Å². The molecule has 0 amide bonds. The second-order valence-electron chi connectivity index (χ2n) is 4.85. The molecule has 0 aromatic heterocycles. The number of hydrogen-bond donors (Lipinski definition) is 6. The SMILES string of the molecule is CCC(C(=O)O)C(P(=O)(O)O)P(=O)(O)OCCCCP(=O)(O)O. The molecule has 0 saturated heterocycles. The van der Waals surface area contributed by atoms with Crippen LogP contribution in [-0.2, 0) is 23.0 Å². The fourth-order valence-corrected chi connectivity index (χ4v) is 6.36. The summed E-state index contributed by atoms with van der Waals surface area (Å²) in [5.41, 5.74) is 0. The highest BCUT2D eigenvalue weighted by molar-refractivity contribution is 7.71. The summed E-state index contributed by atoms with van der Waals surface area (Å²) in [6.45, 7) is 0.793. The smallest absolute Gasteiger partial charge is 0.344 e. The van der Waals surface area contributed by atoms with E-state index in [0.717, 1.165) is 0 Å². The van der Waals surface area contributed by atoms with Gasteiger partial charge in [-0.2, -0.15) is 0 Å². The molecule has 0 aromatic carbocycles. The zero-order valence-electron chi connectivity index (χ0n) is 12.3. The van der Waals surface area contributed by atoms with Crippen molar-refractivity contribution in [1.82, 2.24) is 0 Å².